The van der Waals surface area contributed by atoms with Gasteiger partial charge in [0, 0.05) is 27.4 Å². The molecular weight excluding hydrogens is 642 g/mol. The molecule has 0 heterocycles. The largest absolute Gasteiger partial charge is 0.460 e. The highest BCUT2D eigenvalue weighted by atomic mass is 35.5. The average Bonchev–Trinajstić information content (AvgIpc) is 2.95. The number of carbonyl (C=O) groups is 1. The number of esters is 1. The van der Waals surface area contributed by atoms with Gasteiger partial charge in [0.1, 0.15) is 6.07 Å². The van der Waals surface area contributed by atoms with Crippen molar-refractivity contribution in [2.75, 3.05) is 13.2 Å². The fourth-order valence-corrected chi connectivity index (χ4v) is 5.55. The molecule has 0 aromatic heterocycles. The summed E-state index contributed by atoms with van der Waals surface area (Å²) >= 11 is 22.9. The van der Waals surface area contributed by atoms with Gasteiger partial charge in [0.15, 0.2) is 5.71 Å². The fourth-order valence-electron chi connectivity index (χ4n) is 3.36. The Balaban J connectivity index is 0.000000295. The van der Waals surface area contributed by atoms with Gasteiger partial charge in [-0.15, -0.1) is 0 Å². The van der Waals surface area contributed by atoms with Crippen LogP contribution < -0.4 is 0 Å². The minimum Gasteiger partial charge on any atom is -0.460 e. The first-order valence-corrected chi connectivity index (χ1v) is 16.4. The number of nitrogens with zero attached hydrogens (tertiary/aromatic N) is 2. The van der Waals surface area contributed by atoms with Crippen molar-refractivity contribution >= 4 is 65.0 Å². The number of ether oxygens (including phenoxy) is 1. The van der Waals surface area contributed by atoms with Gasteiger partial charge in [-0.3, -0.25) is 9.05 Å². The molecule has 224 valence electrons. The van der Waals surface area contributed by atoms with Crippen molar-refractivity contribution in [1.82, 2.24) is 0 Å². The van der Waals surface area contributed by atoms with Gasteiger partial charge in [0.05, 0.1) is 24.3 Å². The molecule has 0 saturated carbocycles. The number of aliphatic hydroxyl groups is 1. The second-order valence-corrected chi connectivity index (χ2v) is 12.8. The van der Waals surface area contributed by atoms with Crippen LogP contribution >= 0.6 is 41.5 Å². The summed E-state index contributed by atoms with van der Waals surface area (Å²) < 4.78 is 20.9. The van der Waals surface area contributed by atoms with E-state index in [1.165, 1.54) is 0 Å². The third-order valence-corrected chi connectivity index (χ3v) is 8.30. The molecule has 0 aliphatic heterocycles. The van der Waals surface area contributed by atoms with Crippen LogP contribution in [0.1, 0.15) is 44.4 Å². The van der Waals surface area contributed by atoms with Crippen LogP contribution in [0.4, 0.5) is 0 Å². The van der Waals surface area contributed by atoms with Gasteiger partial charge >= 0.3 is 12.7 Å². The highest BCUT2D eigenvalue weighted by Crippen LogP contribution is 2.50. The molecule has 3 rings (SSSR count). The number of hydrogen-bond donors (Lipinski definition) is 1. The van der Waals surface area contributed by atoms with Gasteiger partial charge in [0.2, 0.25) is 5.60 Å². The maximum atomic E-state index is 12.5. The summed E-state index contributed by atoms with van der Waals surface area (Å²) in [6, 6.07) is 21.6. The van der Waals surface area contributed by atoms with E-state index < -0.39 is 18.3 Å². The van der Waals surface area contributed by atoms with Gasteiger partial charge in [-0.25, -0.2) is 4.79 Å². The molecule has 0 bridgehead atoms. The Bertz CT molecular complexity index is 1390. The zero-order chi connectivity index (χ0) is 31.3. The standard InChI is InChI=1S/C17H16Cl2O3.C12H14ClN2O3PS/c1-11(2)22-16(20)17(21,12-3-7-14(18)8-4-12)13-5-9-15(19)10-6-13;1-3-16-19(20,17-4-2)18-15-12(9-14)10-7-5-6-8-11(10)13/h3-11,21H,1-2H3;5-8H,3-4H2,1-2H3/b;15-12-. The van der Waals surface area contributed by atoms with Gasteiger partial charge in [-0.1, -0.05) is 82.4 Å². The van der Waals surface area contributed by atoms with Crippen molar-refractivity contribution in [3.8, 4) is 6.07 Å². The van der Waals surface area contributed by atoms with Crippen LogP contribution in [0.3, 0.4) is 0 Å². The Kier molecular flexibility index (Phi) is 14.4. The molecular formula is C29H30Cl3N2O6PS. The third kappa shape index (κ3) is 10.0. The van der Waals surface area contributed by atoms with E-state index in [1.54, 1.807) is 100 Å². The summed E-state index contributed by atoms with van der Waals surface area (Å²) in [4.78, 5) is 12.5. The van der Waals surface area contributed by atoms with Crippen LogP contribution in [0.15, 0.2) is 78.0 Å². The molecule has 3 aromatic carbocycles. The van der Waals surface area contributed by atoms with Crippen molar-refractivity contribution in [3.63, 3.8) is 0 Å². The summed E-state index contributed by atoms with van der Waals surface area (Å²) in [7, 11) is 0. The smallest absolute Gasteiger partial charge is 0.402 e. The Morgan fingerprint density at radius 2 is 1.43 bits per heavy atom. The summed E-state index contributed by atoms with van der Waals surface area (Å²) in [5.41, 5.74) is -0.676. The first-order valence-electron chi connectivity index (χ1n) is 12.7. The van der Waals surface area contributed by atoms with Crippen molar-refractivity contribution in [1.29, 1.82) is 5.26 Å². The summed E-state index contributed by atoms with van der Waals surface area (Å²) in [6.07, 6.45) is -0.348. The van der Waals surface area contributed by atoms with Crippen LogP contribution in [-0.2, 0) is 40.6 Å². The number of oxime groups is 1. The molecule has 0 amide bonds. The van der Waals surface area contributed by atoms with Crippen LogP contribution in [0.5, 0.6) is 0 Å². The maximum absolute atomic E-state index is 12.5. The van der Waals surface area contributed by atoms with E-state index in [0.29, 0.717) is 45.0 Å². The number of carbonyl (C=O) groups excluding carboxylic acids is 1. The van der Waals surface area contributed by atoms with Crippen molar-refractivity contribution in [2.24, 2.45) is 5.16 Å². The molecule has 13 heteroatoms. The summed E-state index contributed by atoms with van der Waals surface area (Å²) in [5.74, 6) is -0.743. The first kappa shape index (κ1) is 35.7. The molecule has 0 aliphatic carbocycles. The molecule has 0 fully saturated rings. The molecule has 3 aromatic rings. The van der Waals surface area contributed by atoms with Gasteiger partial charge in [-0.05, 0) is 69.2 Å². The fraction of sp³-hybridized carbons (Fsp3) is 0.276. The predicted molar refractivity (Wildman–Crippen MR) is 169 cm³/mol. The minimum atomic E-state index is -2.97. The number of hydrogen-bond acceptors (Lipinski definition) is 9. The van der Waals surface area contributed by atoms with Crippen LogP contribution in [-0.4, -0.2) is 36.1 Å². The predicted octanol–water partition coefficient (Wildman–Crippen LogP) is 8.06. The second-order valence-electron chi connectivity index (χ2n) is 8.57. The van der Waals surface area contributed by atoms with Gasteiger partial charge < -0.3 is 14.5 Å². The first-order chi connectivity index (χ1) is 19.9. The normalized spacial score (nSPS) is 11.8. The third-order valence-electron chi connectivity index (χ3n) is 5.20. The summed E-state index contributed by atoms with van der Waals surface area (Å²) in [5, 5.41) is 25.4. The van der Waals surface area contributed by atoms with E-state index in [0.717, 1.165) is 0 Å². The van der Waals surface area contributed by atoms with E-state index in [1.807, 2.05) is 6.07 Å². The van der Waals surface area contributed by atoms with E-state index in [2.05, 4.69) is 5.16 Å². The minimum absolute atomic E-state index is 0.0178. The lowest BCUT2D eigenvalue weighted by atomic mass is 9.86. The molecule has 0 aliphatic rings. The molecule has 42 heavy (non-hydrogen) atoms. The number of halogens is 3. The quantitative estimate of drug-likeness (QED) is 0.0944. The molecule has 0 spiro atoms. The molecule has 0 atom stereocenters. The summed E-state index contributed by atoms with van der Waals surface area (Å²) in [6.45, 7) is 4.69. The molecule has 0 saturated heterocycles. The Morgan fingerprint density at radius 1 is 0.952 bits per heavy atom. The SMILES string of the molecule is CC(C)OC(=O)C(O)(c1ccc(Cl)cc1)c1ccc(Cl)cc1.CCOP(=S)(OCC)O/N=C(/C#N)c1ccccc1Cl. The van der Waals surface area contributed by atoms with E-state index in [9.17, 15) is 9.90 Å². The average molecular weight is 672 g/mol. The van der Waals surface area contributed by atoms with Crippen LogP contribution in [0.2, 0.25) is 15.1 Å². The van der Waals surface area contributed by atoms with Crippen LogP contribution in [0.25, 0.3) is 0 Å². The lowest BCUT2D eigenvalue weighted by molar-refractivity contribution is -0.166. The highest BCUT2D eigenvalue weighted by molar-refractivity contribution is 8.07. The number of rotatable bonds is 11. The van der Waals surface area contributed by atoms with E-state index in [-0.39, 0.29) is 11.8 Å². The van der Waals surface area contributed by atoms with Crippen molar-refractivity contribution < 1.29 is 28.3 Å². The Labute approximate surface area is 266 Å². The van der Waals surface area contributed by atoms with Gasteiger partial charge in [0.25, 0.3) is 0 Å². The monoisotopic (exact) mass is 670 g/mol. The molecule has 8 nitrogen and oxygen atoms in total. The number of benzene rings is 3. The lowest BCUT2D eigenvalue weighted by Gasteiger charge is -2.28. The maximum Gasteiger partial charge on any atom is 0.402 e. The topological polar surface area (TPSA) is 110 Å². The molecule has 1 N–H and O–H groups in total. The second kappa shape index (κ2) is 17.0. The number of nitriles is 1. The van der Waals surface area contributed by atoms with Crippen molar-refractivity contribution in [2.45, 2.75) is 39.4 Å². The molecule has 0 radical (unpaired) electrons. The zero-order valence-corrected chi connectivity index (χ0v) is 27.3. The Hall–Kier alpha value is -2.51. The zero-order valence-electron chi connectivity index (χ0n) is 23.3. The lowest BCUT2D eigenvalue weighted by Crippen LogP contribution is -2.39. The van der Waals surface area contributed by atoms with Crippen molar-refractivity contribution in [3.05, 3.63) is 105 Å². The van der Waals surface area contributed by atoms with E-state index >= 15 is 0 Å². The Morgan fingerprint density at radius 3 is 1.83 bits per heavy atom. The van der Waals surface area contributed by atoms with E-state index in [4.69, 9.17) is 70.3 Å². The highest BCUT2D eigenvalue weighted by Gasteiger charge is 2.42. The van der Waals surface area contributed by atoms with Crippen LogP contribution in [0, 0.1) is 11.3 Å². The molecule has 0 unspecified atom stereocenters. The van der Waals surface area contributed by atoms with Gasteiger partial charge in [-0.2, -0.15) is 5.26 Å².